The third kappa shape index (κ3) is 28.2. The number of hydrazine groups is 1. The fourth-order valence-electron chi connectivity index (χ4n) is 5.96. The predicted octanol–water partition coefficient (Wildman–Crippen LogP) is -6.90. The Balaban J connectivity index is 0.000000494. The van der Waals surface area contributed by atoms with E-state index in [1.165, 1.54) is 18.1 Å². The van der Waals surface area contributed by atoms with Gasteiger partial charge in [-0.05, 0) is 43.7 Å². The number of hydrazone groups is 2. The first-order chi connectivity index (χ1) is 34.8. The Bertz CT molecular complexity index is 2520. The first kappa shape index (κ1) is 64.0. The lowest BCUT2D eigenvalue weighted by Gasteiger charge is -2.09. The molecule has 4 aromatic rings. The van der Waals surface area contributed by atoms with E-state index in [-0.39, 0.29) is 18.1 Å². The molecule has 0 aromatic heterocycles. The summed E-state index contributed by atoms with van der Waals surface area (Å²) in [4.78, 5) is 69.5. The molecule has 74 heavy (non-hydrogen) atoms. The number of quaternary nitrogens is 4. The number of rotatable bonds is 23. The summed E-state index contributed by atoms with van der Waals surface area (Å²) in [6, 6.07) is 27.1. The molecule has 21 heteroatoms. The molecule has 13 N–H and O–H groups in total. The van der Waals surface area contributed by atoms with E-state index in [1.807, 2.05) is 136 Å². The molecular formula is C53H75N10O11+3. The van der Waals surface area contributed by atoms with Gasteiger partial charge >= 0.3 is 0 Å². The van der Waals surface area contributed by atoms with E-state index in [9.17, 15) is 49.2 Å². The van der Waals surface area contributed by atoms with E-state index in [2.05, 4.69) is 45.9 Å². The van der Waals surface area contributed by atoms with Crippen molar-refractivity contribution in [2.24, 2.45) is 5.10 Å². The number of benzene rings is 4. The molecular weight excluding hydrogens is 953 g/mol. The maximum absolute atomic E-state index is 11.7. The number of hydroxylamine groups is 1. The normalized spacial score (nSPS) is 12.6. The molecule has 0 heterocycles. The summed E-state index contributed by atoms with van der Waals surface area (Å²) in [5.74, 6) is -5.27. The maximum Gasteiger partial charge on any atom is 0.236 e. The summed E-state index contributed by atoms with van der Waals surface area (Å²) in [6.07, 6.45) is 11.0. The lowest BCUT2D eigenvalue weighted by molar-refractivity contribution is -0.758. The number of hydrogen-bond acceptors (Lipinski definition) is 13. The lowest BCUT2D eigenvalue weighted by atomic mass is 10.0. The van der Waals surface area contributed by atoms with Gasteiger partial charge in [0.25, 0.3) is 0 Å². The van der Waals surface area contributed by atoms with Crippen molar-refractivity contribution in [3.63, 3.8) is 0 Å². The fourth-order valence-corrected chi connectivity index (χ4v) is 5.96. The zero-order valence-corrected chi connectivity index (χ0v) is 43.9. The minimum absolute atomic E-state index is 0.233. The van der Waals surface area contributed by atoms with E-state index >= 15 is 0 Å². The minimum atomic E-state index is -1.22. The lowest BCUT2D eigenvalue weighted by Crippen LogP contribution is -2.69. The largest absolute Gasteiger partial charge is 0.544 e. The third-order valence-electron chi connectivity index (χ3n) is 10.8. The van der Waals surface area contributed by atoms with Crippen molar-refractivity contribution in [2.75, 3.05) is 49.4 Å². The molecule has 4 rings (SSSR count). The summed E-state index contributed by atoms with van der Waals surface area (Å²) >= 11 is 0. The van der Waals surface area contributed by atoms with Gasteiger partial charge in [-0.3, -0.25) is 14.4 Å². The second-order valence-electron chi connectivity index (χ2n) is 17.6. The Morgan fingerprint density at radius 3 is 1.12 bits per heavy atom. The second kappa shape index (κ2) is 34.4. The number of hydrogen-bond donors (Lipinski definition) is 5. The van der Waals surface area contributed by atoms with Gasteiger partial charge in [-0.25, -0.2) is 10.0 Å². The van der Waals surface area contributed by atoms with Gasteiger partial charge in [-0.15, -0.1) is 4.68 Å². The Morgan fingerprint density at radius 2 is 0.838 bits per heavy atom. The molecule has 0 aliphatic carbocycles. The van der Waals surface area contributed by atoms with Crippen molar-refractivity contribution in [1.29, 1.82) is 0 Å². The van der Waals surface area contributed by atoms with Crippen molar-refractivity contribution >= 4 is 60.4 Å². The van der Waals surface area contributed by atoms with E-state index in [0.717, 1.165) is 53.3 Å². The summed E-state index contributed by atoms with van der Waals surface area (Å²) in [6.45, 7) is 1.28. The molecule has 0 fully saturated rings. The van der Waals surface area contributed by atoms with Crippen LogP contribution in [0.25, 0.3) is 0 Å². The Kier molecular flexibility index (Phi) is 29.8. The number of nitrogens with zero attached hydrogens (tertiary/aromatic N) is 5. The van der Waals surface area contributed by atoms with Gasteiger partial charge in [0, 0.05) is 44.6 Å². The summed E-state index contributed by atoms with van der Waals surface area (Å²) in [7, 11) is 13.3. The first-order valence-electron chi connectivity index (χ1n) is 23.5. The van der Waals surface area contributed by atoms with Crippen molar-refractivity contribution < 1.29 is 91.0 Å². The van der Waals surface area contributed by atoms with E-state index in [1.54, 1.807) is 36.1 Å². The van der Waals surface area contributed by atoms with E-state index in [4.69, 9.17) is 4.84 Å². The van der Waals surface area contributed by atoms with Crippen molar-refractivity contribution in [3.8, 4) is 0 Å². The van der Waals surface area contributed by atoms with Gasteiger partial charge in [-0.1, -0.05) is 97.1 Å². The molecule has 4 atom stereocenters. The van der Waals surface area contributed by atoms with Crippen LogP contribution in [0.4, 0.5) is 0 Å². The zero-order valence-electron chi connectivity index (χ0n) is 43.9. The molecule has 0 bridgehead atoms. The van der Waals surface area contributed by atoms with Crippen LogP contribution < -0.4 is 48.8 Å². The van der Waals surface area contributed by atoms with Gasteiger partial charge in [0.1, 0.15) is 51.6 Å². The number of carboxylic acid groups (broad SMARTS) is 4. The number of carboxylic acids is 4. The highest BCUT2D eigenvalue weighted by molar-refractivity contribution is 6.35. The number of carbonyl (C=O) groups excluding carboxylic acids is 6. The number of aliphatic carboxylic acids is 4. The Hall–Kier alpha value is -7.98. The van der Waals surface area contributed by atoms with E-state index < -0.39 is 48.0 Å². The number of ketones is 1. The molecule has 400 valence electrons. The predicted molar refractivity (Wildman–Crippen MR) is 268 cm³/mol. The number of amides is 1. The van der Waals surface area contributed by atoms with Crippen LogP contribution in [0.15, 0.2) is 102 Å². The third-order valence-corrected chi connectivity index (χ3v) is 10.8. The van der Waals surface area contributed by atoms with Crippen molar-refractivity contribution in [2.45, 2.75) is 76.0 Å². The van der Waals surface area contributed by atoms with Crippen LogP contribution in [0.5, 0.6) is 0 Å². The Morgan fingerprint density at radius 1 is 0.541 bits per heavy atom. The molecule has 0 saturated carbocycles. The highest BCUT2D eigenvalue weighted by Crippen LogP contribution is 2.09. The van der Waals surface area contributed by atoms with Crippen LogP contribution in [0.1, 0.15) is 56.2 Å². The molecule has 0 aliphatic rings. The highest BCUT2D eigenvalue weighted by atomic mass is 16.6. The van der Waals surface area contributed by atoms with Gasteiger partial charge in [0.15, 0.2) is 26.5 Å². The number of carbonyl (C=O) groups is 6. The van der Waals surface area contributed by atoms with Crippen LogP contribution in [0, 0.1) is 0 Å². The minimum Gasteiger partial charge on any atom is -0.544 e. The molecule has 0 aliphatic heterocycles. The fraction of sp³-hybridized carbons (Fsp3) is 0.358. The molecule has 4 unspecified atom stereocenters. The van der Waals surface area contributed by atoms with E-state index in [0.29, 0.717) is 24.8 Å². The molecule has 4 aromatic carbocycles. The smallest absolute Gasteiger partial charge is 0.236 e. The first-order valence-corrected chi connectivity index (χ1v) is 23.5. The van der Waals surface area contributed by atoms with Crippen molar-refractivity contribution in [1.82, 2.24) is 10.4 Å². The van der Waals surface area contributed by atoms with Crippen molar-refractivity contribution in [3.05, 3.63) is 142 Å². The number of Topliss-reactive ketones (excluding diaryl/α,β-unsaturated/α-hetero) is 1. The van der Waals surface area contributed by atoms with Gasteiger partial charge in [-0.2, -0.15) is 10.1 Å². The van der Waals surface area contributed by atoms with Gasteiger partial charge in [0.05, 0.1) is 57.0 Å². The van der Waals surface area contributed by atoms with Crippen LogP contribution in [-0.4, -0.2) is 153 Å². The second-order valence-corrected chi connectivity index (χ2v) is 17.6. The summed E-state index contributed by atoms with van der Waals surface area (Å²) in [5.41, 5.74) is 23.8. The maximum atomic E-state index is 11.7. The van der Waals surface area contributed by atoms with Crippen LogP contribution in [0.2, 0.25) is 0 Å². The average molecular weight is 1030 g/mol. The van der Waals surface area contributed by atoms with Crippen LogP contribution in [0.3, 0.4) is 0 Å². The SMILES string of the molecule is CC(=O)N/N=C/C(=O)c1ccc(CC([NH3+])C(=O)[O-])cc1.CN(C)/[N+](C)=C/Cc1ccc(CC([NH3+])C(=O)[O-])cc1.CO/[N+](C)=C/Cc1ccc(CC([NH3+])C(=O)[O-])cc1.C[N+](C)=CCc1ccc(CC([NH3+])C(=O)[O-])cc1. The summed E-state index contributed by atoms with van der Waals surface area (Å²) in [5, 5.41) is 47.8. The number of nitrogens with one attached hydrogen (secondary N) is 1. The standard InChI is InChI=1S/C14H21N3O2.C13H15N3O4.C13H18N2O3.C13H18N2O2/c1-16(2)17(3)9-8-11-4-6-12(7-5-11)10-13(15)14(18)19;1-8(17)16-15-7-12(18)10-4-2-9(3-5-10)6-11(14)13(19)20;1-15(18-2)8-7-10-3-5-11(6-4-10)9-12(14)13(16)17;1-15(2)8-7-10-3-5-11(6-4-10)9-12(14)13(16)17/h4-7,9,13H,8,10,15H2,1-3H3;2-5,7,11H,6,14H2,1H3,(H,16,17)(H,19,20);3-6,8,12H,7,9,14H2,1-2H3;3-6,8,12H,7,9,14H2,1-2H3/p+3/b17-9+;15-7+;15-8+;. The van der Waals surface area contributed by atoms with Gasteiger partial charge in [0.2, 0.25) is 11.7 Å². The molecule has 1 amide bonds. The highest BCUT2D eigenvalue weighted by Gasteiger charge is 2.12. The molecule has 21 nitrogen and oxygen atoms in total. The quantitative estimate of drug-likeness (QED) is 0.0200. The molecule has 0 saturated heterocycles. The Labute approximate surface area is 432 Å². The monoisotopic (exact) mass is 1030 g/mol. The zero-order chi connectivity index (χ0) is 55.9. The average Bonchev–Trinajstić information content (AvgIpc) is 3.35. The van der Waals surface area contributed by atoms with Crippen LogP contribution in [-0.2, 0) is 73.8 Å². The molecule has 0 radical (unpaired) electrons. The van der Waals surface area contributed by atoms with Gasteiger partial charge < -0.3 is 62.5 Å². The summed E-state index contributed by atoms with van der Waals surface area (Å²) < 4.78 is 5.65. The van der Waals surface area contributed by atoms with Crippen LogP contribution >= 0.6 is 0 Å². The molecule has 0 spiro atoms. The topological polar surface area (TPSA) is 351 Å².